The number of carbonyl (C=O) groups is 1. The lowest BCUT2D eigenvalue weighted by molar-refractivity contribution is -0.130. The summed E-state index contributed by atoms with van der Waals surface area (Å²) in [7, 11) is 3.53. The molecule has 116 valence electrons. The Morgan fingerprint density at radius 1 is 1.45 bits per heavy atom. The van der Waals surface area contributed by atoms with Gasteiger partial charge >= 0.3 is 0 Å². The van der Waals surface area contributed by atoms with Gasteiger partial charge in [-0.05, 0) is 37.6 Å². The van der Waals surface area contributed by atoms with Crippen molar-refractivity contribution in [2.24, 2.45) is 5.92 Å². The fraction of sp³-hybridized carbons (Fsp3) is 0.529. The van der Waals surface area contributed by atoms with Gasteiger partial charge in [0, 0.05) is 31.7 Å². The predicted molar refractivity (Wildman–Crippen MR) is 82.3 cm³/mol. The lowest BCUT2D eigenvalue weighted by atomic mass is 9.91. The van der Waals surface area contributed by atoms with Gasteiger partial charge in [-0.15, -0.1) is 0 Å². The molecule has 0 aromatic heterocycles. The van der Waals surface area contributed by atoms with Crippen LogP contribution in [0.1, 0.15) is 24.0 Å². The Labute approximate surface area is 131 Å². The Morgan fingerprint density at radius 3 is 3.00 bits per heavy atom. The molecule has 3 rings (SSSR count). The second-order valence-electron chi connectivity index (χ2n) is 6.14. The molecule has 0 bridgehead atoms. The van der Waals surface area contributed by atoms with Crippen molar-refractivity contribution in [3.05, 3.63) is 29.3 Å². The quantitative estimate of drug-likeness (QED) is 0.851. The van der Waals surface area contributed by atoms with Crippen LogP contribution in [0.2, 0.25) is 0 Å². The zero-order valence-electron chi connectivity index (χ0n) is 13.1. The Kier molecular flexibility index (Phi) is 4.04. The average Bonchev–Trinajstić information content (AvgIpc) is 2.83. The summed E-state index contributed by atoms with van der Waals surface area (Å²) >= 11 is 0. The van der Waals surface area contributed by atoms with Crippen LogP contribution in [-0.2, 0) is 11.3 Å². The fourth-order valence-electron chi connectivity index (χ4n) is 3.70. The van der Waals surface area contributed by atoms with Crippen LogP contribution < -0.4 is 4.74 Å². The van der Waals surface area contributed by atoms with Crippen LogP contribution in [0.4, 0.5) is 0 Å². The minimum atomic E-state index is 0.129. The first kappa shape index (κ1) is 14.9. The third kappa shape index (κ3) is 2.55. The highest BCUT2D eigenvalue weighted by atomic mass is 16.5. The van der Waals surface area contributed by atoms with Crippen molar-refractivity contribution >= 4 is 5.91 Å². The Balaban J connectivity index is 1.84. The van der Waals surface area contributed by atoms with Crippen LogP contribution in [0.3, 0.4) is 0 Å². The number of nitriles is 1. The van der Waals surface area contributed by atoms with E-state index in [2.05, 4.69) is 11.0 Å². The molecule has 0 unspecified atom stereocenters. The van der Waals surface area contributed by atoms with Crippen LogP contribution in [0.5, 0.6) is 5.75 Å². The van der Waals surface area contributed by atoms with Gasteiger partial charge < -0.3 is 9.64 Å². The molecule has 2 saturated heterocycles. The zero-order valence-corrected chi connectivity index (χ0v) is 13.1. The molecule has 0 N–H and O–H groups in total. The Morgan fingerprint density at radius 2 is 2.27 bits per heavy atom. The average molecular weight is 299 g/mol. The maximum atomic E-state index is 12.2. The summed E-state index contributed by atoms with van der Waals surface area (Å²) < 4.78 is 5.43. The minimum absolute atomic E-state index is 0.129. The topological polar surface area (TPSA) is 56.6 Å². The van der Waals surface area contributed by atoms with Crippen LogP contribution in [0.15, 0.2) is 18.2 Å². The molecular weight excluding hydrogens is 278 g/mol. The monoisotopic (exact) mass is 299 g/mol. The number of likely N-dealkylation sites (N-methyl/N-ethyl adjacent to an activating group) is 1. The molecule has 5 heteroatoms. The molecule has 2 fully saturated rings. The minimum Gasteiger partial charge on any atom is -0.496 e. The van der Waals surface area contributed by atoms with E-state index in [1.807, 2.05) is 24.1 Å². The lowest BCUT2D eigenvalue weighted by Gasteiger charge is -2.36. The molecule has 2 aliphatic rings. The van der Waals surface area contributed by atoms with E-state index in [0.29, 0.717) is 5.56 Å². The first-order chi connectivity index (χ1) is 10.6. The standard InChI is InChI=1S/C17H21N3O2/c1-19-11-15-14(17(19)21)4-3-7-20(15)10-13-8-12(9-18)5-6-16(13)22-2/h5-6,8,14-15H,3-4,7,10-11H2,1-2H3/t14-,15-/m1/s1. The number of amides is 1. The first-order valence-corrected chi connectivity index (χ1v) is 7.70. The predicted octanol–water partition coefficient (Wildman–Crippen LogP) is 1.62. The number of hydrogen-bond acceptors (Lipinski definition) is 4. The molecule has 22 heavy (non-hydrogen) atoms. The molecule has 2 aliphatic heterocycles. The maximum Gasteiger partial charge on any atom is 0.227 e. The fourth-order valence-corrected chi connectivity index (χ4v) is 3.70. The van der Waals surface area contributed by atoms with Gasteiger partial charge in [-0.2, -0.15) is 5.26 Å². The third-order valence-corrected chi connectivity index (χ3v) is 4.83. The summed E-state index contributed by atoms with van der Waals surface area (Å²) in [4.78, 5) is 16.4. The number of benzene rings is 1. The normalized spacial score (nSPS) is 25.0. The number of nitrogens with zero attached hydrogens (tertiary/aromatic N) is 3. The van der Waals surface area contributed by atoms with Crippen LogP contribution in [0, 0.1) is 17.2 Å². The van der Waals surface area contributed by atoms with Crippen molar-refractivity contribution in [2.45, 2.75) is 25.4 Å². The van der Waals surface area contributed by atoms with Crippen LogP contribution >= 0.6 is 0 Å². The summed E-state index contributed by atoms with van der Waals surface area (Å²) in [5, 5.41) is 9.10. The molecule has 0 aliphatic carbocycles. The molecule has 0 spiro atoms. The van der Waals surface area contributed by atoms with E-state index in [1.165, 1.54) is 0 Å². The molecule has 0 radical (unpaired) electrons. The van der Waals surface area contributed by atoms with Gasteiger partial charge in [0.1, 0.15) is 5.75 Å². The molecule has 1 aromatic rings. The van der Waals surface area contributed by atoms with Crippen molar-refractivity contribution in [1.82, 2.24) is 9.80 Å². The number of carbonyl (C=O) groups excluding carboxylic acids is 1. The number of rotatable bonds is 3. The SMILES string of the molecule is COc1ccc(C#N)cc1CN1CCC[C@H]2C(=O)N(C)C[C@H]21. The van der Waals surface area contributed by atoms with E-state index in [4.69, 9.17) is 10.00 Å². The van der Waals surface area contributed by atoms with Crippen molar-refractivity contribution in [3.63, 3.8) is 0 Å². The van der Waals surface area contributed by atoms with Crippen LogP contribution in [-0.4, -0.2) is 49.0 Å². The first-order valence-electron chi connectivity index (χ1n) is 7.70. The Bertz CT molecular complexity index is 623. The highest BCUT2D eigenvalue weighted by Crippen LogP contribution is 2.33. The van der Waals surface area contributed by atoms with Crippen molar-refractivity contribution < 1.29 is 9.53 Å². The summed E-state index contributed by atoms with van der Waals surface area (Å²) in [5.74, 6) is 1.20. The third-order valence-electron chi connectivity index (χ3n) is 4.83. The molecule has 2 atom stereocenters. The van der Waals surface area contributed by atoms with Crippen molar-refractivity contribution in [2.75, 3.05) is 27.2 Å². The summed E-state index contributed by atoms with van der Waals surface area (Å²) in [6.07, 6.45) is 2.03. The maximum absolute atomic E-state index is 12.2. The molecule has 1 aromatic carbocycles. The highest BCUT2D eigenvalue weighted by Gasteiger charge is 2.43. The summed E-state index contributed by atoms with van der Waals surface area (Å²) in [6.45, 7) is 2.51. The highest BCUT2D eigenvalue weighted by molar-refractivity contribution is 5.82. The number of fused-ring (bicyclic) bond motifs is 1. The van der Waals surface area contributed by atoms with Crippen LogP contribution in [0.25, 0.3) is 0 Å². The summed E-state index contributed by atoms with van der Waals surface area (Å²) in [6, 6.07) is 7.97. The van der Waals surface area contributed by atoms with Gasteiger partial charge in [-0.25, -0.2) is 0 Å². The molecule has 5 nitrogen and oxygen atoms in total. The van der Waals surface area contributed by atoms with E-state index < -0.39 is 0 Å². The number of methoxy groups -OCH3 is 1. The Hall–Kier alpha value is -2.06. The van der Waals surface area contributed by atoms with E-state index in [1.54, 1.807) is 13.2 Å². The van der Waals surface area contributed by atoms with E-state index in [9.17, 15) is 4.79 Å². The van der Waals surface area contributed by atoms with Gasteiger partial charge in [-0.3, -0.25) is 9.69 Å². The van der Waals surface area contributed by atoms with Gasteiger partial charge in [0.2, 0.25) is 5.91 Å². The summed E-state index contributed by atoms with van der Waals surface area (Å²) in [5.41, 5.74) is 1.66. The smallest absolute Gasteiger partial charge is 0.227 e. The molecule has 1 amide bonds. The zero-order chi connectivity index (χ0) is 15.7. The molecular formula is C17H21N3O2. The van der Waals surface area contributed by atoms with Gasteiger partial charge in [0.05, 0.1) is 24.7 Å². The van der Waals surface area contributed by atoms with Gasteiger partial charge in [-0.1, -0.05) is 0 Å². The molecule has 0 saturated carbocycles. The second-order valence-corrected chi connectivity index (χ2v) is 6.14. The second kappa shape index (κ2) is 5.98. The van der Waals surface area contributed by atoms with Gasteiger partial charge in [0.15, 0.2) is 0 Å². The number of piperidine rings is 1. The van der Waals surface area contributed by atoms with Gasteiger partial charge in [0.25, 0.3) is 0 Å². The van der Waals surface area contributed by atoms with E-state index >= 15 is 0 Å². The molecule has 2 heterocycles. The van der Waals surface area contributed by atoms with E-state index in [0.717, 1.165) is 43.8 Å². The lowest BCUT2D eigenvalue weighted by Crippen LogP contribution is -2.44. The van der Waals surface area contributed by atoms with E-state index in [-0.39, 0.29) is 17.9 Å². The number of ether oxygens (including phenoxy) is 1. The largest absolute Gasteiger partial charge is 0.496 e. The van der Waals surface area contributed by atoms with Crippen molar-refractivity contribution in [3.8, 4) is 11.8 Å². The number of hydrogen-bond donors (Lipinski definition) is 0. The number of likely N-dealkylation sites (tertiary alicyclic amines) is 2. The van der Waals surface area contributed by atoms with Crippen molar-refractivity contribution in [1.29, 1.82) is 5.26 Å².